The largest absolute Gasteiger partial charge is 0.618 e. The van der Waals surface area contributed by atoms with Gasteiger partial charge in [0.25, 0.3) is 11.5 Å². The number of benzene rings is 2. The van der Waals surface area contributed by atoms with Crippen molar-refractivity contribution in [2.75, 3.05) is 0 Å². The number of hydrogen-bond acceptors (Lipinski definition) is 2. The van der Waals surface area contributed by atoms with Crippen molar-refractivity contribution in [3.8, 4) is 0 Å². The SMILES string of the molecule is Cc1ccc2c(c1)[N+]([O-])=C(c1ccc(C(F)(F)F)cc1)C2=O. The van der Waals surface area contributed by atoms with E-state index in [-0.39, 0.29) is 22.5 Å². The van der Waals surface area contributed by atoms with Gasteiger partial charge in [0.15, 0.2) is 0 Å². The van der Waals surface area contributed by atoms with Gasteiger partial charge in [-0.2, -0.15) is 17.9 Å². The minimum atomic E-state index is -4.46. The summed E-state index contributed by atoms with van der Waals surface area (Å²) in [6.07, 6.45) is -4.46. The van der Waals surface area contributed by atoms with Crippen LogP contribution in [0.2, 0.25) is 0 Å². The summed E-state index contributed by atoms with van der Waals surface area (Å²) in [6.45, 7) is 1.79. The van der Waals surface area contributed by atoms with Crippen molar-refractivity contribution in [2.24, 2.45) is 0 Å². The summed E-state index contributed by atoms with van der Waals surface area (Å²) in [6, 6.07) is 8.83. The van der Waals surface area contributed by atoms with Crippen molar-refractivity contribution in [3.05, 3.63) is 69.9 Å². The number of carbonyl (C=O) groups excluding carboxylic acids is 1. The van der Waals surface area contributed by atoms with Gasteiger partial charge >= 0.3 is 6.18 Å². The predicted molar refractivity (Wildman–Crippen MR) is 74.3 cm³/mol. The molecule has 0 saturated heterocycles. The zero-order chi connectivity index (χ0) is 16.1. The summed E-state index contributed by atoms with van der Waals surface area (Å²) in [5, 5.41) is 12.3. The normalized spacial score (nSPS) is 14.5. The van der Waals surface area contributed by atoms with Crippen molar-refractivity contribution in [1.29, 1.82) is 0 Å². The Morgan fingerprint density at radius 2 is 1.68 bits per heavy atom. The highest BCUT2D eigenvalue weighted by molar-refractivity contribution is 6.52. The van der Waals surface area contributed by atoms with E-state index < -0.39 is 17.5 Å². The van der Waals surface area contributed by atoms with Gasteiger partial charge in [-0.05, 0) is 42.8 Å². The summed E-state index contributed by atoms with van der Waals surface area (Å²) >= 11 is 0. The molecule has 112 valence electrons. The molecule has 2 aromatic carbocycles. The Morgan fingerprint density at radius 3 is 2.27 bits per heavy atom. The number of halogens is 3. The van der Waals surface area contributed by atoms with E-state index in [1.54, 1.807) is 25.1 Å². The topological polar surface area (TPSA) is 43.1 Å². The van der Waals surface area contributed by atoms with Gasteiger partial charge in [0.05, 0.1) is 11.1 Å². The Bertz CT molecular complexity index is 805. The van der Waals surface area contributed by atoms with Gasteiger partial charge < -0.3 is 5.21 Å². The maximum Gasteiger partial charge on any atom is 0.416 e. The molecule has 0 spiro atoms. The molecule has 0 unspecified atom stereocenters. The van der Waals surface area contributed by atoms with Crippen LogP contribution in [0.25, 0.3) is 0 Å². The third-order valence-corrected chi connectivity index (χ3v) is 3.52. The highest BCUT2D eigenvalue weighted by Gasteiger charge is 2.37. The number of rotatable bonds is 1. The van der Waals surface area contributed by atoms with Gasteiger partial charge in [0.1, 0.15) is 5.56 Å². The second kappa shape index (κ2) is 4.69. The number of fused-ring (bicyclic) bond motifs is 1. The van der Waals surface area contributed by atoms with Gasteiger partial charge in [0, 0.05) is 6.07 Å². The monoisotopic (exact) mass is 305 g/mol. The number of alkyl halides is 3. The second-order valence-corrected chi connectivity index (χ2v) is 5.07. The van der Waals surface area contributed by atoms with E-state index in [1.165, 1.54) is 0 Å². The minimum Gasteiger partial charge on any atom is -0.618 e. The maximum absolute atomic E-state index is 12.6. The summed E-state index contributed by atoms with van der Waals surface area (Å²) in [7, 11) is 0. The highest BCUT2D eigenvalue weighted by Crippen LogP contribution is 2.31. The zero-order valence-corrected chi connectivity index (χ0v) is 11.4. The number of ketones is 1. The number of hydrogen-bond donors (Lipinski definition) is 0. The molecule has 0 saturated carbocycles. The molecule has 1 heterocycles. The number of carbonyl (C=O) groups is 1. The molecular formula is C16H10F3NO2. The molecule has 0 N–H and O–H groups in total. The van der Waals surface area contributed by atoms with Crippen LogP contribution in [0.5, 0.6) is 0 Å². The molecule has 3 nitrogen and oxygen atoms in total. The van der Waals surface area contributed by atoms with Crippen LogP contribution in [0.15, 0.2) is 42.5 Å². The van der Waals surface area contributed by atoms with Crippen molar-refractivity contribution >= 4 is 17.2 Å². The Kier molecular flexibility index (Phi) is 3.05. The molecule has 2 aromatic rings. The summed E-state index contributed by atoms with van der Waals surface area (Å²) < 4.78 is 38.2. The first kappa shape index (κ1) is 14.3. The summed E-state index contributed by atoms with van der Waals surface area (Å²) in [5.74, 6) is -0.482. The van der Waals surface area contributed by atoms with E-state index in [0.29, 0.717) is 4.74 Å². The average Bonchev–Trinajstić information content (AvgIpc) is 2.70. The Morgan fingerprint density at radius 1 is 1.05 bits per heavy atom. The Balaban J connectivity index is 2.08. The third-order valence-electron chi connectivity index (χ3n) is 3.52. The van der Waals surface area contributed by atoms with Gasteiger partial charge in [-0.25, -0.2) is 0 Å². The summed E-state index contributed by atoms with van der Waals surface area (Å²) in [4.78, 5) is 12.3. The first-order valence-corrected chi connectivity index (χ1v) is 6.46. The zero-order valence-electron chi connectivity index (χ0n) is 11.4. The molecule has 0 fully saturated rings. The Hall–Kier alpha value is -2.63. The fourth-order valence-corrected chi connectivity index (χ4v) is 2.41. The van der Waals surface area contributed by atoms with Gasteiger partial charge in [-0.3, -0.25) is 4.79 Å². The van der Waals surface area contributed by atoms with Crippen LogP contribution in [0.4, 0.5) is 18.9 Å². The quantitative estimate of drug-likeness (QED) is 0.593. The van der Waals surface area contributed by atoms with Crippen LogP contribution in [0, 0.1) is 12.1 Å². The smallest absolute Gasteiger partial charge is 0.416 e. The van der Waals surface area contributed by atoms with Crippen LogP contribution in [0.1, 0.15) is 27.0 Å². The molecule has 0 aromatic heterocycles. The Labute approximate surface area is 123 Å². The molecule has 0 amide bonds. The number of Topliss-reactive ketones (excluding diaryl/α,β-unsaturated/α-hetero) is 1. The molecule has 0 radical (unpaired) electrons. The van der Waals surface area contributed by atoms with E-state index in [0.717, 1.165) is 29.8 Å². The molecule has 3 rings (SSSR count). The van der Waals surface area contributed by atoms with Gasteiger partial charge in [0.2, 0.25) is 5.69 Å². The van der Waals surface area contributed by atoms with Crippen molar-refractivity contribution in [3.63, 3.8) is 0 Å². The van der Waals surface area contributed by atoms with E-state index in [2.05, 4.69) is 0 Å². The fourth-order valence-electron chi connectivity index (χ4n) is 2.41. The summed E-state index contributed by atoms with van der Waals surface area (Å²) in [5.41, 5.74) is 0.487. The van der Waals surface area contributed by atoms with Crippen LogP contribution >= 0.6 is 0 Å². The molecular weight excluding hydrogens is 295 g/mol. The molecule has 22 heavy (non-hydrogen) atoms. The lowest BCUT2D eigenvalue weighted by Crippen LogP contribution is -2.17. The molecule has 0 aliphatic carbocycles. The average molecular weight is 305 g/mol. The van der Waals surface area contributed by atoms with Gasteiger partial charge in [-0.1, -0.05) is 6.07 Å². The lowest BCUT2D eigenvalue weighted by atomic mass is 10.0. The molecule has 1 aliphatic rings. The van der Waals surface area contributed by atoms with Crippen LogP contribution in [-0.2, 0) is 6.18 Å². The fraction of sp³-hybridized carbons (Fsp3) is 0.125. The van der Waals surface area contributed by atoms with Crippen molar-refractivity contribution in [1.82, 2.24) is 0 Å². The number of nitrogens with zero attached hydrogens (tertiary/aromatic N) is 1. The van der Waals surface area contributed by atoms with Crippen LogP contribution in [-0.4, -0.2) is 16.2 Å². The lowest BCUT2D eigenvalue weighted by molar-refractivity contribution is -0.355. The number of aryl methyl sites for hydroxylation is 1. The second-order valence-electron chi connectivity index (χ2n) is 5.07. The molecule has 0 atom stereocenters. The first-order chi connectivity index (χ1) is 10.3. The lowest BCUT2D eigenvalue weighted by Gasteiger charge is -2.07. The third kappa shape index (κ3) is 2.16. The predicted octanol–water partition coefficient (Wildman–Crippen LogP) is 3.84. The molecule has 6 heteroatoms. The standard InChI is InChI=1S/C16H10F3NO2/c1-9-2-7-12-13(8-9)20(22)14(15(12)21)10-3-5-11(6-4-10)16(17,18)19/h2-8H,1H3. The van der Waals surface area contributed by atoms with Gasteiger partial charge in [-0.15, -0.1) is 0 Å². The molecule has 0 bridgehead atoms. The minimum absolute atomic E-state index is 0.158. The molecule has 1 aliphatic heterocycles. The first-order valence-electron chi connectivity index (χ1n) is 6.46. The van der Waals surface area contributed by atoms with Crippen molar-refractivity contribution < 1.29 is 22.7 Å². The van der Waals surface area contributed by atoms with E-state index in [1.807, 2.05) is 0 Å². The van der Waals surface area contributed by atoms with E-state index >= 15 is 0 Å². The van der Waals surface area contributed by atoms with Crippen molar-refractivity contribution in [2.45, 2.75) is 13.1 Å². The van der Waals surface area contributed by atoms with Crippen LogP contribution in [0.3, 0.4) is 0 Å². The van der Waals surface area contributed by atoms with E-state index in [9.17, 15) is 23.2 Å². The van der Waals surface area contributed by atoms with Crippen LogP contribution < -0.4 is 0 Å². The van der Waals surface area contributed by atoms with E-state index in [4.69, 9.17) is 0 Å². The highest BCUT2D eigenvalue weighted by atomic mass is 19.4. The maximum atomic E-state index is 12.6.